The Kier molecular flexibility index (Phi) is 4.35. The second kappa shape index (κ2) is 5.32. The van der Waals surface area contributed by atoms with Gasteiger partial charge < -0.3 is 15.9 Å². The number of carbonyl (C=O) groups is 1. The van der Waals surface area contributed by atoms with Crippen LogP contribution in [0.3, 0.4) is 0 Å². The molecule has 0 spiro atoms. The summed E-state index contributed by atoms with van der Waals surface area (Å²) in [7, 11) is 0. The summed E-state index contributed by atoms with van der Waals surface area (Å²) in [5, 5.41) is 18.1. The van der Waals surface area contributed by atoms with Crippen molar-refractivity contribution in [3.8, 4) is 0 Å². The fourth-order valence-corrected chi connectivity index (χ4v) is 2.08. The van der Waals surface area contributed by atoms with Gasteiger partial charge in [-0.2, -0.15) is 0 Å². The average molecular weight is 201 g/mol. The van der Waals surface area contributed by atoms with Crippen molar-refractivity contribution < 1.29 is 15.0 Å². The van der Waals surface area contributed by atoms with Crippen LogP contribution in [0.1, 0.15) is 38.5 Å². The Morgan fingerprint density at radius 1 is 1.36 bits per heavy atom. The van der Waals surface area contributed by atoms with E-state index in [0.717, 1.165) is 12.8 Å². The first-order chi connectivity index (χ1) is 6.61. The second-order valence-corrected chi connectivity index (χ2v) is 4.17. The van der Waals surface area contributed by atoms with E-state index in [0.29, 0.717) is 12.3 Å². The van der Waals surface area contributed by atoms with E-state index in [1.807, 2.05) is 0 Å². The number of nitrogens with two attached hydrogens (primary N) is 1. The standard InChI is InChI=1S/C10H19NO3/c11-9(10(13)14)8(12)6-7-4-2-1-3-5-7/h7-9,12H,1-6,11H2,(H,13,14). The molecule has 2 unspecified atom stereocenters. The number of carboxylic acids is 1. The molecule has 0 amide bonds. The van der Waals surface area contributed by atoms with Crippen LogP contribution in [0.4, 0.5) is 0 Å². The molecule has 0 aromatic heterocycles. The van der Waals surface area contributed by atoms with E-state index in [1.54, 1.807) is 0 Å². The number of rotatable bonds is 4. The van der Waals surface area contributed by atoms with E-state index >= 15 is 0 Å². The molecular formula is C10H19NO3. The van der Waals surface area contributed by atoms with Gasteiger partial charge in [-0.15, -0.1) is 0 Å². The third-order valence-electron chi connectivity index (χ3n) is 3.00. The summed E-state index contributed by atoms with van der Waals surface area (Å²) in [6.45, 7) is 0. The van der Waals surface area contributed by atoms with Gasteiger partial charge in [0.2, 0.25) is 0 Å². The van der Waals surface area contributed by atoms with E-state index in [4.69, 9.17) is 10.8 Å². The van der Waals surface area contributed by atoms with Gasteiger partial charge in [0, 0.05) is 0 Å². The summed E-state index contributed by atoms with van der Waals surface area (Å²) in [5.74, 6) is -0.655. The van der Waals surface area contributed by atoms with E-state index < -0.39 is 18.1 Å². The Bertz CT molecular complexity index is 190. The van der Waals surface area contributed by atoms with Crippen molar-refractivity contribution >= 4 is 5.97 Å². The third kappa shape index (κ3) is 3.27. The van der Waals surface area contributed by atoms with Crippen LogP contribution in [0.2, 0.25) is 0 Å². The van der Waals surface area contributed by atoms with Crippen LogP contribution in [0.5, 0.6) is 0 Å². The highest BCUT2D eigenvalue weighted by Crippen LogP contribution is 2.27. The van der Waals surface area contributed by atoms with Crippen molar-refractivity contribution in [3.63, 3.8) is 0 Å². The molecule has 2 atom stereocenters. The molecule has 0 heterocycles. The number of carboxylic acid groups (broad SMARTS) is 1. The van der Waals surface area contributed by atoms with E-state index in [1.165, 1.54) is 19.3 Å². The highest BCUT2D eigenvalue weighted by atomic mass is 16.4. The lowest BCUT2D eigenvalue weighted by molar-refractivity contribution is -0.141. The highest BCUT2D eigenvalue weighted by Gasteiger charge is 2.25. The SMILES string of the molecule is NC(C(=O)O)C(O)CC1CCCCC1. The molecule has 4 heteroatoms. The van der Waals surface area contributed by atoms with E-state index in [-0.39, 0.29) is 0 Å². The molecule has 1 aliphatic carbocycles. The predicted octanol–water partition coefficient (Wildman–Crippen LogP) is 0.730. The molecule has 4 nitrogen and oxygen atoms in total. The molecule has 1 aliphatic rings. The molecule has 0 aliphatic heterocycles. The molecule has 0 aromatic rings. The fraction of sp³-hybridized carbons (Fsp3) is 0.900. The van der Waals surface area contributed by atoms with Crippen LogP contribution in [0, 0.1) is 5.92 Å². The summed E-state index contributed by atoms with van der Waals surface area (Å²) >= 11 is 0. The van der Waals surface area contributed by atoms with Crippen LogP contribution in [-0.2, 0) is 4.79 Å². The first-order valence-electron chi connectivity index (χ1n) is 5.27. The Morgan fingerprint density at radius 2 is 1.93 bits per heavy atom. The van der Waals surface area contributed by atoms with Gasteiger partial charge in [0.1, 0.15) is 6.04 Å². The number of aliphatic hydroxyl groups excluding tert-OH is 1. The number of aliphatic carboxylic acids is 1. The van der Waals surface area contributed by atoms with Gasteiger partial charge in [-0.25, -0.2) is 0 Å². The molecule has 0 aromatic carbocycles. The Hall–Kier alpha value is -0.610. The molecule has 82 valence electrons. The van der Waals surface area contributed by atoms with Crippen LogP contribution < -0.4 is 5.73 Å². The van der Waals surface area contributed by atoms with E-state index in [9.17, 15) is 9.90 Å². The Labute approximate surface area is 84.1 Å². The van der Waals surface area contributed by atoms with Crippen LogP contribution in [-0.4, -0.2) is 28.3 Å². The maximum Gasteiger partial charge on any atom is 0.323 e. The van der Waals surface area contributed by atoms with E-state index in [2.05, 4.69) is 0 Å². The number of hydrogen-bond donors (Lipinski definition) is 3. The quantitative estimate of drug-likeness (QED) is 0.626. The van der Waals surface area contributed by atoms with Crippen molar-refractivity contribution in [2.75, 3.05) is 0 Å². The second-order valence-electron chi connectivity index (χ2n) is 4.17. The molecule has 1 saturated carbocycles. The molecule has 1 rings (SSSR count). The Morgan fingerprint density at radius 3 is 2.43 bits per heavy atom. The van der Waals surface area contributed by atoms with Crippen LogP contribution in [0.15, 0.2) is 0 Å². The smallest absolute Gasteiger partial charge is 0.323 e. The third-order valence-corrected chi connectivity index (χ3v) is 3.00. The van der Waals surface area contributed by atoms with Gasteiger partial charge >= 0.3 is 5.97 Å². The Balaban J connectivity index is 2.31. The number of hydrogen-bond acceptors (Lipinski definition) is 3. The topological polar surface area (TPSA) is 83.6 Å². The zero-order chi connectivity index (χ0) is 10.6. The van der Waals surface area contributed by atoms with Crippen molar-refractivity contribution in [2.45, 2.75) is 50.7 Å². The summed E-state index contributed by atoms with van der Waals surface area (Å²) < 4.78 is 0. The van der Waals surface area contributed by atoms with Gasteiger partial charge in [-0.3, -0.25) is 4.79 Å². The highest BCUT2D eigenvalue weighted by molar-refractivity contribution is 5.73. The molecular weight excluding hydrogens is 182 g/mol. The first-order valence-corrected chi connectivity index (χ1v) is 5.27. The van der Waals surface area contributed by atoms with Gasteiger partial charge in [0.25, 0.3) is 0 Å². The maximum absolute atomic E-state index is 10.5. The summed E-state index contributed by atoms with van der Waals surface area (Å²) in [5.41, 5.74) is 5.33. The van der Waals surface area contributed by atoms with Gasteiger partial charge in [-0.1, -0.05) is 32.1 Å². The van der Waals surface area contributed by atoms with Gasteiger partial charge in [0.15, 0.2) is 0 Å². The summed E-state index contributed by atoms with van der Waals surface area (Å²) in [6, 6.07) is -1.13. The normalized spacial score (nSPS) is 23.0. The molecule has 14 heavy (non-hydrogen) atoms. The average Bonchev–Trinajstić information content (AvgIpc) is 2.18. The molecule has 1 fully saturated rings. The maximum atomic E-state index is 10.5. The zero-order valence-electron chi connectivity index (χ0n) is 8.35. The minimum absolute atomic E-state index is 0.462. The fourth-order valence-electron chi connectivity index (χ4n) is 2.08. The lowest BCUT2D eigenvalue weighted by Gasteiger charge is -2.25. The largest absolute Gasteiger partial charge is 0.480 e. The van der Waals surface area contributed by atoms with Gasteiger partial charge in [-0.05, 0) is 12.3 Å². The van der Waals surface area contributed by atoms with Gasteiger partial charge in [0.05, 0.1) is 6.10 Å². The molecule has 4 N–H and O–H groups in total. The van der Waals surface area contributed by atoms with Crippen molar-refractivity contribution in [1.29, 1.82) is 0 Å². The zero-order valence-corrected chi connectivity index (χ0v) is 8.35. The van der Waals surface area contributed by atoms with Crippen LogP contribution >= 0.6 is 0 Å². The van der Waals surface area contributed by atoms with Crippen LogP contribution in [0.25, 0.3) is 0 Å². The van der Waals surface area contributed by atoms with Crippen molar-refractivity contribution in [3.05, 3.63) is 0 Å². The monoisotopic (exact) mass is 201 g/mol. The lowest BCUT2D eigenvalue weighted by Crippen LogP contribution is -2.42. The number of aliphatic hydroxyl groups is 1. The minimum Gasteiger partial charge on any atom is -0.480 e. The molecule has 0 saturated heterocycles. The lowest BCUT2D eigenvalue weighted by atomic mass is 9.84. The molecule has 0 bridgehead atoms. The summed E-state index contributed by atoms with van der Waals surface area (Å²) in [4.78, 5) is 10.5. The van der Waals surface area contributed by atoms with Crippen molar-refractivity contribution in [1.82, 2.24) is 0 Å². The summed E-state index contributed by atoms with van der Waals surface area (Å²) in [6.07, 6.45) is 5.49. The first kappa shape index (κ1) is 11.5. The van der Waals surface area contributed by atoms with Crippen molar-refractivity contribution in [2.24, 2.45) is 11.7 Å². The molecule has 0 radical (unpaired) electrons. The predicted molar refractivity (Wildman–Crippen MR) is 52.8 cm³/mol. The minimum atomic E-state index is -1.13.